The number of hydrogen-bond acceptors (Lipinski definition) is 3. The molecular formula is C16H21N5O. The maximum absolute atomic E-state index is 6.01. The Morgan fingerprint density at radius 2 is 2.32 bits per heavy atom. The summed E-state index contributed by atoms with van der Waals surface area (Å²) in [5.41, 5.74) is 8.06. The number of aromatic nitrogens is 2. The molecule has 116 valence electrons. The Hall–Kier alpha value is -2.50. The van der Waals surface area contributed by atoms with E-state index >= 15 is 0 Å². The van der Waals surface area contributed by atoms with Gasteiger partial charge in [-0.3, -0.25) is 4.68 Å². The molecule has 0 saturated heterocycles. The molecule has 2 heterocycles. The van der Waals surface area contributed by atoms with E-state index in [1.807, 2.05) is 35.1 Å². The van der Waals surface area contributed by atoms with E-state index in [2.05, 4.69) is 28.4 Å². The van der Waals surface area contributed by atoms with Crippen molar-refractivity contribution >= 4 is 5.96 Å². The van der Waals surface area contributed by atoms with Crippen molar-refractivity contribution in [2.45, 2.75) is 32.5 Å². The number of rotatable bonds is 4. The number of ether oxygens (including phenoxy) is 1. The maximum Gasteiger partial charge on any atom is 0.189 e. The minimum absolute atomic E-state index is 0.141. The van der Waals surface area contributed by atoms with E-state index in [0.29, 0.717) is 19.1 Å². The van der Waals surface area contributed by atoms with Gasteiger partial charge in [-0.1, -0.05) is 18.2 Å². The molecule has 1 unspecified atom stereocenters. The van der Waals surface area contributed by atoms with E-state index in [-0.39, 0.29) is 6.04 Å². The molecule has 3 N–H and O–H groups in total. The maximum atomic E-state index is 6.01. The number of hydrogen-bond donors (Lipinski definition) is 2. The van der Waals surface area contributed by atoms with Crippen molar-refractivity contribution in [3.8, 4) is 5.75 Å². The normalized spacial score (nSPS) is 17.7. The summed E-state index contributed by atoms with van der Waals surface area (Å²) in [6.45, 7) is 4.08. The van der Waals surface area contributed by atoms with Crippen LogP contribution in [0, 0.1) is 0 Å². The molecule has 1 aromatic carbocycles. The van der Waals surface area contributed by atoms with Gasteiger partial charge in [-0.05, 0) is 19.1 Å². The van der Waals surface area contributed by atoms with E-state index in [1.165, 1.54) is 0 Å². The molecule has 0 aliphatic carbocycles. The lowest BCUT2D eigenvalue weighted by molar-refractivity contribution is 0.262. The van der Waals surface area contributed by atoms with Crippen LogP contribution in [0.1, 0.15) is 30.6 Å². The molecular weight excluding hydrogens is 278 g/mol. The topological polar surface area (TPSA) is 77.5 Å². The van der Waals surface area contributed by atoms with Crippen LogP contribution in [-0.4, -0.2) is 22.3 Å². The fraction of sp³-hybridized carbons (Fsp3) is 0.375. The highest BCUT2D eigenvalue weighted by Crippen LogP contribution is 2.31. The van der Waals surface area contributed by atoms with Crippen LogP contribution >= 0.6 is 0 Å². The van der Waals surface area contributed by atoms with Gasteiger partial charge in [0.2, 0.25) is 0 Å². The van der Waals surface area contributed by atoms with E-state index < -0.39 is 0 Å². The lowest BCUT2D eigenvalue weighted by atomic mass is 10.0. The number of para-hydroxylation sites is 1. The van der Waals surface area contributed by atoms with Crippen molar-refractivity contribution in [2.75, 3.05) is 6.61 Å². The SMILES string of the molecule is CCn1ccc(CN=C(N)NC2CCOc3ccccc32)n1. The molecule has 0 bridgehead atoms. The average molecular weight is 299 g/mol. The average Bonchev–Trinajstić information content (AvgIpc) is 3.01. The van der Waals surface area contributed by atoms with Gasteiger partial charge < -0.3 is 15.8 Å². The third-order valence-electron chi connectivity index (χ3n) is 3.71. The van der Waals surface area contributed by atoms with E-state index in [9.17, 15) is 0 Å². The van der Waals surface area contributed by atoms with E-state index in [1.54, 1.807) is 0 Å². The van der Waals surface area contributed by atoms with Crippen molar-refractivity contribution in [3.63, 3.8) is 0 Å². The number of nitrogens with one attached hydrogen (secondary N) is 1. The molecule has 1 atom stereocenters. The third-order valence-corrected chi connectivity index (χ3v) is 3.71. The quantitative estimate of drug-likeness (QED) is 0.667. The molecule has 6 heteroatoms. The number of nitrogens with two attached hydrogens (primary N) is 1. The predicted molar refractivity (Wildman–Crippen MR) is 85.7 cm³/mol. The first-order valence-corrected chi connectivity index (χ1v) is 7.56. The zero-order valence-electron chi connectivity index (χ0n) is 12.7. The van der Waals surface area contributed by atoms with Gasteiger partial charge in [0.15, 0.2) is 5.96 Å². The Labute approximate surface area is 130 Å². The van der Waals surface area contributed by atoms with Crippen LogP contribution in [0.4, 0.5) is 0 Å². The fourth-order valence-electron chi connectivity index (χ4n) is 2.55. The Morgan fingerprint density at radius 1 is 1.45 bits per heavy atom. The van der Waals surface area contributed by atoms with Gasteiger partial charge in [0.1, 0.15) is 5.75 Å². The second kappa shape index (κ2) is 6.51. The van der Waals surface area contributed by atoms with Gasteiger partial charge >= 0.3 is 0 Å². The number of guanidine groups is 1. The zero-order valence-corrected chi connectivity index (χ0v) is 12.7. The molecule has 0 saturated carbocycles. The smallest absolute Gasteiger partial charge is 0.189 e. The summed E-state index contributed by atoms with van der Waals surface area (Å²) >= 11 is 0. The monoisotopic (exact) mass is 299 g/mol. The molecule has 3 rings (SSSR count). The fourth-order valence-corrected chi connectivity index (χ4v) is 2.55. The molecule has 22 heavy (non-hydrogen) atoms. The van der Waals surface area contributed by atoms with Crippen LogP contribution in [-0.2, 0) is 13.1 Å². The van der Waals surface area contributed by atoms with Crippen LogP contribution < -0.4 is 15.8 Å². The third kappa shape index (κ3) is 3.21. The van der Waals surface area contributed by atoms with Gasteiger partial charge in [0.05, 0.1) is 24.9 Å². The molecule has 2 aromatic rings. The first-order chi connectivity index (χ1) is 10.8. The second-order valence-corrected chi connectivity index (χ2v) is 5.24. The summed E-state index contributed by atoms with van der Waals surface area (Å²) in [5, 5.41) is 7.67. The molecule has 0 fully saturated rings. The minimum Gasteiger partial charge on any atom is -0.493 e. The summed E-state index contributed by atoms with van der Waals surface area (Å²) < 4.78 is 7.52. The van der Waals surface area contributed by atoms with Crippen molar-refractivity contribution in [2.24, 2.45) is 10.7 Å². The second-order valence-electron chi connectivity index (χ2n) is 5.24. The standard InChI is InChI=1S/C16H21N5O/c1-2-21-9-7-12(20-21)11-18-16(17)19-14-8-10-22-15-6-4-3-5-13(14)15/h3-7,9,14H,2,8,10-11H2,1H3,(H3,17,18,19). The van der Waals surface area contributed by atoms with Gasteiger partial charge in [-0.25, -0.2) is 4.99 Å². The van der Waals surface area contributed by atoms with Crippen LogP contribution in [0.3, 0.4) is 0 Å². The lowest BCUT2D eigenvalue weighted by Crippen LogP contribution is -2.37. The number of aliphatic imine (C=N–C) groups is 1. The highest BCUT2D eigenvalue weighted by molar-refractivity contribution is 5.78. The summed E-state index contributed by atoms with van der Waals surface area (Å²) in [6, 6.07) is 10.1. The highest BCUT2D eigenvalue weighted by Gasteiger charge is 2.21. The molecule has 6 nitrogen and oxygen atoms in total. The van der Waals surface area contributed by atoms with Crippen molar-refractivity contribution < 1.29 is 4.74 Å². The zero-order chi connectivity index (χ0) is 15.4. The van der Waals surface area contributed by atoms with Gasteiger partial charge in [-0.2, -0.15) is 5.10 Å². The molecule has 0 spiro atoms. The first kappa shape index (κ1) is 14.4. The first-order valence-electron chi connectivity index (χ1n) is 7.56. The van der Waals surface area contributed by atoms with E-state index in [0.717, 1.165) is 30.0 Å². The molecule has 1 aliphatic heterocycles. The highest BCUT2D eigenvalue weighted by atomic mass is 16.5. The number of fused-ring (bicyclic) bond motifs is 1. The number of nitrogens with zero attached hydrogens (tertiary/aromatic N) is 3. The summed E-state index contributed by atoms with van der Waals surface area (Å²) in [6.07, 6.45) is 2.82. The Balaban J connectivity index is 1.64. The van der Waals surface area contributed by atoms with Gasteiger partial charge in [0.25, 0.3) is 0 Å². The summed E-state index contributed by atoms with van der Waals surface area (Å²) in [5.74, 6) is 1.36. The van der Waals surface area contributed by atoms with Crippen LogP contribution in [0.2, 0.25) is 0 Å². The summed E-state index contributed by atoms with van der Waals surface area (Å²) in [4.78, 5) is 4.38. The molecule has 0 radical (unpaired) electrons. The predicted octanol–water partition coefficient (Wildman–Crippen LogP) is 1.83. The number of benzene rings is 1. The van der Waals surface area contributed by atoms with Crippen molar-refractivity contribution in [1.29, 1.82) is 0 Å². The molecule has 0 amide bonds. The minimum atomic E-state index is 0.141. The Morgan fingerprint density at radius 3 is 3.14 bits per heavy atom. The Kier molecular flexibility index (Phi) is 4.27. The lowest BCUT2D eigenvalue weighted by Gasteiger charge is -2.26. The van der Waals surface area contributed by atoms with Gasteiger partial charge in [-0.15, -0.1) is 0 Å². The largest absolute Gasteiger partial charge is 0.493 e. The van der Waals surface area contributed by atoms with E-state index in [4.69, 9.17) is 10.5 Å². The van der Waals surface area contributed by atoms with Gasteiger partial charge in [0, 0.05) is 24.7 Å². The summed E-state index contributed by atoms with van der Waals surface area (Å²) in [7, 11) is 0. The van der Waals surface area contributed by atoms with Crippen molar-refractivity contribution in [1.82, 2.24) is 15.1 Å². The Bertz CT molecular complexity index is 664. The molecule has 1 aliphatic rings. The van der Waals surface area contributed by atoms with Crippen LogP contribution in [0.15, 0.2) is 41.5 Å². The number of aryl methyl sites for hydroxylation is 1. The van der Waals surface area contributed by atoms with Crippen LogP contribution in [0.25, 0.3) is 0 Å². The molecule has 1 aromatic heterocycles. The van der Waals surface area contributed by atoms with Crippen molar-refractivity contribution in [3.05, 3.63) is 47.8 Å². The van der Waals surface area contributed by atoms with Crippen LogP contribution in [0.5, 0.6) is 5.75 Å².